The van der Waals surface area contributed by atoms with Crippen molar-refractivity contribution in [3.8, 4) is 0 Å². The van der Waals surface area contributed by atoms with E-state index in [1.807, 2.05) is 21.1 Å². The maximum absolute atomic E-state index is 12.9. The minimum absolute atomic E-state index is 0.0299. The Morgan fingerprint density at radius 2 is 0.671 bits per heavy atom. The molecule has 0 saturated carbocycles. The van der Waals surface area contributed by atoms with Gasteiger partial charge in [0.05, 0.1) is 27.7 Å². The van der Waals surface area contributed by atoms with Gasteiger partial charge in [0.15, 0.2) is 6.10 Å². The first kappa shape index (κ1) is 81.9. The van der Waals surface area contributed by atoms with Gasteiger partial charge in [0.1, 0.15) is 19.8 Å². The van der Waals surface area contributed by atoms with E-state index in [0.29, 0.717) is 23.9 Å². The lowest BCUT2D eigenvalue weighted by Gasteiger charge is -2.24. The zero-order valence-electron chi connectivity index (χ0n) is 56.1. The highest BCUT2D eigenvalue weighted by molar-refractivity contribution is 7.47. The maximum atomic E-state index is 12.9. The summed E-state index contributed by atoms with van der Waals surface area (Å²) < 4.78 is 34.7. The zero-order valence-corrected chi connectivity index (χ0v) is 57.0. The average Bonchev–Trinajstić information content (AvgIpc) is 3.50. The summed E-state index contributed by atoms with van der Waals surface area (Å²) in [6, 6.07) is 0. The van der Waals surface area contributed by atoms with Crippen molar-refractivity contribution in [3.63, 3.8) is 0 Å². The van der Waals surface area contributed by atoms with E-state index in [4.69, 9.17) is 18.5 Å². The highest BCUT2D eigenvalue weighted by Gasteiger charge is 2.27. The molecule has 0 amide bonds. The highest BCUT2D eigenvalue weighted by Crippen LogP contribution is 2.43. The summed E-state index contributed by atoms with van der Waals surface area (Å²) in [5.41, 5.74) is 0. The lowest BCUT2D eigenvalue weighted by molar-refractivity contribution is -0.870. The predicted octanol–water partition coefficient (Wildman–Crippen LogP) is 23.1. The number of likely N-dealkylation sites (N-methyl/N-ethyl adjacent to an activating group) is 1. The van der Waals surface area contributed by atoms with Gasteiger partial charge in [-0.05, 0) is 77.0 Å². The first-order chi connectivity index (χ1) is 41.5. The van der Waals surface area contributed by atoms with Crippen molar-refractivity contribution in [2.45, 2.75) is 322 Å². The fraction of sp³-hybridized carbons (Fsp3) is 0.760. The second kappa shape index (κ2) is 65.4. The molecule has 2 unspecified atom stereocenters. The Hall–Kier alpha value is -3.07. The van der Waals surface area contributed by atoms with Crippen LogP contribution in [0.25, 0.3) is 0 Å². The van der Waals surface area contributed by atoms with Crippen molar-refractivity contribution in [1.82, 2.24) is 0 Å². The Morgan fingerprint density at radius 1 is 0.376 bits per heavy atom. The fourth-order valence-electron chi connectivity index (χ4n) is 9.98. The van der Waals surface area contributed by atoms with E-state index in [1.165, 1.54) is 193 Å². The molecular formula is C75H135NO8P+. The minimum atomic E-state index is -4.39. The molecule has 0 aliphatic carbocycles. The van der Waals surface area contributed by atoms with Gasteiger partial charge in [-0.2, -0.15) is 0 Å². The van der Waals surface area contributed by atoms with Crippen LogP contribution in [0.2, 0.25) is 0 Å². The topological polar surface area (TPSA) is 108 Å². The summed E-state index contributed by atoms with van der Waals surface area (Å²) in [6.07, 6.45) is 90.8. The molecule has 10 heteroatoms. The molecule has 9 nitrogen and oxygen atoms in total. The zero-order chi connectivity index (χ0) is 61.9. The molecule has 0 spiro atoms. The number of quaternary nitrogens is 1. The van der Waals surface area contributed by atoms with Crippen LogP contribution in [-0.4, -0.2) is 74.9 Å². The number of rotatable bonds is 65. The van der Waals surface area contributed by atoms with E-state index in [9.17, 15) is 19.0 Å². The molecule has 0 rings (SSSR count). The van der Waals surface area contributed by atoms with Crippen LogP contribution in [0.15, 0.2) is 97.2 Å². The van der Waals surface area contributed by atoms with E-state index in [-0.39, 0.29) is 25.6 Å². The van der Waals surface area contributed by atoms with Crippen molar-refractivity contribution < 1.29 is 42.1 Å². The molecule has 492 valence electrons. The first-order valence-electron chi connectivity index (χ1n) is 35.5. The Bertz CT molecular complexity index is 1760. The molecule has 0 aliphatic rings. The Morgan fingerprint density at radius 3 is 1.00 bits per heavy atom. The molecule has 0 radical (unpaired) electrons. The van der Waals surface area contributed by atoms with E-state index >= 15 is 0 Å². The van der Waals surface area contributed by atoms with Crippen LogP contribution in [0.3, 0.4) is 0 Å². The van der Waals surface area contributed by atoms with Gasteiger partial charge in [-0.25, -0.2) is 4.57 Å². The van der Waals surface area contributed by atoms with Gasteiger partial charge < -0.3 is 18.9 Å². The van der Waals surface area contributed by atoms with Crippen LogP contribution < -0.4 is 0 Å². The van der Waals surface area contributed by atoms with Crippen molar-refractivity contribution in [2.75, 3.05) is 47.5 Å². The number of hydrogen-bond donors (Lipinski definition) is 1. The maximum Gasteiger partial charge on any atom is 0.472 e. The van der Waals surface area contributed by atoms with Gasteiger partial charge in [-0.15, -0.1) is 0 Å². The van der Waals surface area contributed by atoms with E-state index in [2.05, 4.69) is 111 Å². The smallest absolute Gasteiger partial charge is 0.462 e. The molecule has 2 atom stereocenters. The number of phosphoric ester groups is 1. The van der Waals surface area contributed by atoms with E-state index < -0.39 is 26.5 Å². The third kappa shape index (κ3) is 69.9. The van der Waals surface area contributed by atoms with Gasteiger partial charge in [0, 0.05) is 12.8 Å². The first-order valence-corrected chi connectivity index (χ1v) is 37.0. The van der Waals surface area contributed by atoms with Crippen LogP contribution in [0.4, 0.5) is 0 Å². The largest absolute Gasteiger partial charge is 0.472 e. The van der Waals surface area contributed by atoms with Gasteiger partial charge in [0.2, 0.25) is 0 Å². The van der Waals surface area contributed by atoms with Crippen molar-refractivity contribution in [3.05, 3.63) is 97.2 Å². The van der Waals surface area contributed by atoms with Crippen LogP contribution in [-0.2, 0) is 32.7 Å². The second-order valence-corrected chi connectivity index (χ2v) is 26.4. The number of carbonyl (C=O) groups excluding carboxylic acids is 2. The quantitative estimate of drug-likeness (QED) is 0.0211. The molecule has 0 aromatic rings. The molecule has 85 heavy (non-hydrogen) atoms. The number of phosphoric acid groups is 1. The number of allylic oxidation sites excluding steroid dienone is 16. The number of nitrogens with zero attached hydrogens (tertiary/aromatic N) is 1. The molecule has 0 saturated heterocycles. The summed E-state index contributed by atoms with van der Waals surface area (Å²) in [5, 5.41) is 0. The molecule has 0 aromatic carbocycles. The molecule has 0 aromatic heterocycles. The lowest BCUT2D eigenvalue weighted by Crippen LogP contribution is -2.37. The SMILES string of the molecule is CC/C=C\C/C=C\C/C=C\C/C=C\C/C=C\C/C=C\C/C=C\C/C=C\CCCCCCCCCCCCCCC(=O)OC(COC(=O)CCCCCCCCCCCCCCCCCCCCCCCCCC)COP(=O)(O)OCC[N+](C)(C)C. The van der Waals surface area contributed by atoms with Crippen molar-refractivity contribution in [2.24, 2.45) is 0 Å². The summed E-state index contributed by atoms with van der Waals surface area (Å²) in [7, 11) is 1.48. The normalized spacial score (nSPS) is 13.7. The Kier molecular flexibility index (Phi) is 63.0. The third-order valence-corrected chi connectivity index (χ3v) is 16.4. The average molecular weight is 1210 g/mol. The number of ether oxygens (including phenoxy) is 2. The second-order valence-electron chi connectivity index (χ2n) is 24.9. The van der Waals surface area contributed by atoms with Crippen LogP contribution in [0, 0.1) is 0 Å². The number of hydrogen-bond acceptors (Lipinski definition) is 7. The van der Waals surface area contributed by atoms with Crippen molar-refractivity contribution in [1.29, 1.82) is 0 Å². The summed E-state index contributed by atoms with van der Waals surface area (Å²) >= 11 is 0. The number of esters is 2. The van der Waals surface area contributed by atoms with E-state index in [0.717, 1.165) is 89.9 Å². The van der Waals surface area contributed by atoms with Crippen molar-refractivity contribution >= 4 is 19.8 Å². The summed E-state index contributed by atoms with van der Waals surface area (Å²) in [6.45, 7) is 4.36. The summed E-state index contributed by atoms with van der Waals surface area (Å²) in [5.74, 6) is -0.789. The van der Waals surface area contributed by atoms with Crippen LogP contribution in [0.1, 0.15) is 316 Å². The van der Waals surface area contributed by atoms with Gasteiger partial charge >= 0.3 is 19.8 Å². The van der Waals surface area contributed by atoms with Crippen LogP contribution in [0.5, 0.6) is 0 Å². The molecule has 1 N–H and O–H groups in total. The number of unbranched alkanes of at least 4 members (excludes halogenated alkanes) is 35. The minimum Gasteiger partial charge on any atom is -0.462 e. The summed E-state index contributed by atoms with van der Waals surface area (Å²) in [4.78, 5) is 35.9. The number of carbonyl (C=O) groups is 2. The standard InChI is InChI=1S/C75H134NO8P/c1-6-8-10-12-14-16-18-20-22-24-26-28-30-32-33-34-35-36-37-38-39-40-41-42-43-44-46-48-50-52-54-56-58-60-62-64-66-68-75(78)84-73(72-83-85(79,80)82-70-69-76(3,4)5)71-81-74(77)67-65-63-61-59-57-55-53-51-49-47-45-31-29-27-25-23-21-19-17-15-13-11-9-7-2/h8,10,14,16,20,22,26,28,32-33,35-36,38-39,41-42,73H,6-7,9,11-13,15,17-19,21,23-25,27,29-31,34,37,40,43-72H2,1-5H3/p+1/b10-8-,16-14-,22-20-,28-26-,33-32-,36-35-,39-38-,42-41-. The monoisotopic (exact) mass is 1210 g/mol. The highest BCUT2D eigenvalue weighted by atomic mass is 31.2. The predicted molar refractivity (Wildman–Crippen MR) is 367 cm³/mol. The lowest BCUT2D eigenvalue weighted by atomic mass is 10.0. The molecule has 0 heterocycles. The molecule has 0 bridgehead atoms. The Balaban J connectivity index is 4.05. The van der Waals surface area contributed by atoms with Crippen LogP contribution >= 0.6 is 7.82 Å². The third-order valence-electron chi connectivity index (χ3n) is 15.4. The molecule has 0 aliphatic heterocycles. The van der Waals surface area contributed by atoms with Gasteiger partial charge in [-0.1, -0.05) is 323 Å². The Labute approximate surface area is 525 Å². The van der Waals surface area contributed by atoms with Gasteiger partial charge in [-0.3, -0.25) is 18.6 Å². The fourth-order valence-corrected chi connectivity index (χ4v) is 10.7. The van der Waals surface area contributed by atoms with E-state index in [1.54, 1.807) is 0 Å². The molecule has 0 fully saturated rings. The molecular weight excluding hydrogens is 1070 g/mol. The van der Waals surface area contributed by atoms with Gasteiger partial charge in [0.25, 0.3) is 0 Å².